The Morgan fingerprint density at radius 3 is 2.60 bits per heavy atom. The molecule has 1 fully saturated rings. The van der Waals surface area contributed by atoms with Gasteiger partial charge in [0.25, 0.3) is 0 Å². The van der Waals surface area contributed by atoms with Crippen LogP contribution in [0, 0.1) is 5.92 Å². The summed E-state index contributed by atoms with van der Waals surface area (Å²) in [5.41, 5.74) is 0.449. The average Bonchev–Trinajstić information content (AvgIpc) is 3.38. The van der Waals surface area contributed by atoms with Crippen LogP contribution < -0.4 is 10.5 Å². The van der Waals surface area contributed by atoms with Crippen LogP contribution in [0.4, 0.5) is 5.69 Å². The maximum atomic E-state index is 12.3. The quantitative estimate of drug-likeness (QED) is 0.701. The molecular formula is C18H29N3O3S. The van der Waals surface area contributed by atoms with Crippen molar-refractivity contribution in [2.75, 3.05) is 11.9 Å². The number of carbonyl (C=O) groups excluding carboxylic acids is 1. The number of nitrogens with two attached hydrogens (primary N) is 1. The highest BCUT2D eigenvalue weighted by molar-refractivity contribution is 7.89. The third kappa shape index (κ3) is 5.80. The minimum atomic E-state index is -3.77. The molecule has 0 radical (unpaired) electrons. The SMILES string of the molecule is CCC(C)C(C)N(CCC(=O)Nc1cccc(S(N)(=O)=O)c1)C1CC1. The van der Waals surface area contributed by atoms with Gasteiger partial charge in [-0.25, -0.2) is 13.6 Å². The Balaban J connectivity index is 1.93. The summed E-state index contributed by atoms with van der Waals surface area (Å²) >= 11 is 0. The molecule has 25 heavy (non-hydrogen) atoms. The fourth-order valence-electron chi connectivity index (χ4n) is 3.00. The van der Waals surface area contributed by atoms with E-state index >= 15 is 0 Å². The number of nitrogens with one attached hydrogen (secondary N) is 1. The monoisotopic (exact) mass is 367 g/mol. The fraction of sp³-hybridized carbons (Fsp3) is 0.611. The molecule has 0 aromatic heterocycles. The topological polar surface area (TPSA) is 92.5 Å². The molecule has 0 saturated heterocycles. The van der Waals surface area contributed by atoms with Crippen LogP contribution in [-0.4, -0.2) is 37.9 Å². The van der Waals surface area contributed by atoms with E-state index in [0.717, 1.165) is 13.0 Å². The number of rotatable bonds is 9. The molecule has 2 rings (SSSR count). The van der Waals surface area contributed by atoms with Gasteiger partial charge in [-0.3, -0.25) is 9.69 Å². The molecule has 3 N–H and O–H groups in total. The van der Waals surface area contributed by atoms with E-state index in [-0.39, 0.29) is 10.8 Å². The van der Waals surface area contributed by atoms with Crippen molar-refractivity contribution < 1.29 is 13.2 Å². The zero-order valence-corrected chi connectivity index (χ0v) is 16.1. The van der Waals surface area contributed by atoms with Crippen molar-refractivity contribution in [2.24, 2.45) is 11.1 Å². The fourth-order valence-corrected chi connectivity index (χ4v) is 3.56. The molecule has 0 spiro atoms. The van der Waals surface area contributed by atoms with Gasteiger partial charge >= 0.3 is 0 Å². The molecule has 1 saturated carbocycles. The molecule has 1 aromatic rings. The summed E-state index contributed by atoms with van der Waals surface area (Å²) < 4.78 is 22.8. The first-order chi connectivity index (χ1) is 11.7. The molecule has 1 aromatic carbocycles. The first-order valence-electron chi connectivity index (χ1n) is 8.90. The Morgan fingerprint density at radius 2 is 2.04 bits per heavy atom. The van der Waals surface area contributed by atoms with Crippen molar-refractivity contribution in [1.29, 1.82) is 0 Å². The molecule has 6 nitrogen and oxygen atoms in total. The summed E-state index contributed by atoms with van der Waals surface area (Å²) in [5, 5.41) is 7.89. The van der Waals surface area contributed by atoms with Gasteiger partial charge in [0, 0.05) is 30.7 Å². The summed E-state index contributed by atoms with van der Waals surface area (Å²) in [6.07, 6.45) is 3.92. The zero-order chi connectivity index (χ0) is 18.6. The molecule has 1 aliphatic rings. The van der Waals surface area contributed by atoms with Crippen LogP contribution >= 0.6 is 0 Å². The average molecular weight is 368 g/mol. The molecule has 1 amide bonds. The molecule has 1 aliphatic carbocycles. The summed E-state index contributed by atoms with van der Waals surface area (Å²) in [6, 6.07) is 7.07. The Labute approximate surface area is 150 Å². The summed E-state index contributed by atoms with van der Waals surface area (Å²) in [6.45, 7) is 7.40. The van der Waals surface area contributed by atoms with E-state index in [1.807, 2.05) is 0 Å². The molecule has 0 heterocycles. The Morgan fingerprint density at radius 1 is 1.36 bits per heavy atom. The predicted molar refractivity (Wildman–Crippen MR) is 99.7 cm³/mol. The highest BCUT2D eigenvalue weighted by Crippen LogP contribution is 2.31. The van der Waals surface area contributed by atoms with Crippen molar-refractivity contribution in [3.63, 3.8) is 0 Å². The van der Waals surface area contributed by atoms with Gasteiger partial charge in [0.1, 0.15) is 0 Å². The largest absolute Gasteiger partial charge is 0.326 e. The Bertz CT molecular complexity index is 701. The van der Waals surface area contributed by atoms with Crippen molar-refractivity contribution in [2.45, 2.75) is 63.4 Å². The van der Waals surface area contributed by atoms with E-state index in [2.05, 4.69) is 31.0 Å². The zero-order valence-electron chi connectivity index (χ0n) is 15.2. The lowest BCUT2D eigenvalue weighted by atomic mass is 9.99. The second-order valence-electron chi connectivity index (χ2n) is 6.97. The van der Waals surface area contributed by atoms with Gasteiger partial charge < -0.3 is 5.32 Å². The normalized spacial score (nSPS) is 17.3. The predicted octanol–water partition coefficient (Wildman–Crippen LogP) is 2.56. The number of primary sulfonamides is 1. The van der Waals surface area contributed by atoms with E-state index in [1.54, 1.807) is 12.1 Å². The number of amides is 1. The highest BCUT2D eigenvalue weighted by Gasteiger charge is 2.33. The van der Waals surface area contributed by atoms with Crippen LogP contribution in [0.2, 0.25) is 0 Å². The summed E-state index contributed by atoms with van der Waals surface area (Å²) in [5.74, 6) is 0.476. The van der Waals surface area contributed by atoms with Crippen LogP contribution in [0.25, 0.3) is 0 Å². The Kier molecular flexibility index (Phi) is 6.59. The maximum Gasteiger partial charge on any atom is 0.238 e. The third-order valence-corrected chi connectivity index (χ3v) is 5.96. The number of hydrogen-bond donors (Lipinski definition) is 2. The lowest BCUT2D eigenvalue weighted by Gasteiger charge is -2.33. The standard InChI is InChI=1S/C18H29N3O3S/c1-4-13(2)14(3)21(16-8-9-16)11-10-18(22)20-15-6-5-7-17(12-15)25(19,23)24/h5-7,12-14,16H,4,8-11H2,1-3H3,(H,20,22)(H2,19,23,24). The van der Waals surface area contributed by atoms with Gasteiger partial charge in [0.2, 0.25) is 15.9 Å². The van der Waals surface area contributed by atoms with Gasteiger partial charge in [-0.05, 0) is 43.9 Å². The van der Waals surface area contributed by atoms with E-state index in [1.165, 1.54) is 25.0 Å². The number of anilines is 1. The van der Waals surface area contributed by atoms with E-state index in [9.17, 15) is 13.2 Å². The van der Waals surface area contributed by atoms with Crippen molar-refractivity contribution in [1.82, 2.24) is 4.90 Å². The van der Waals surface area contributed by atoms with Crippen molar-refractivity contribution in [3.05, 3.63) is 24.3 Å². The second kappa shape index (κ2) is 8.29. The lowest BCUT2D eigenvalue weighted by Crippen LogP contribution is -2.40. The molecule has 2 atom stereocenters. The van der Waals surface area contributed by atoms with Crippen molar-refractivity contribution in [3.8, 4) is 0 Å². The number of nitrogens with zero attached hydrogens (tertiary/aromatic N) is 1. The molecule has 0 aliphatic heterocycles. The van der Waals surface area contributed by atoms with Crippen LogP contribution in [0.15, 0.2) is 29.2 Å². The van der Waals surface area contributed by atoms with Crippen LogP contribution in [-0.2, 0) is 14.8 Å². The van der Waals surface area contributed by atoms with Crippen molar-refractivity contribution >= 4 is 21.6 Å². The van der Waals surface area contributed by atoms with E-state index in [4.69, 9.17) is 5.14 Å². The van der Waals surface area contributed by atoms with Crippen LogP contribution in [0.1, 0.15) is 46.5 Å². The number of carbonyl (C=O) groups is 1. The highest BCUT2D eigenvalue weighted by atomic mass is 32.2. The molecule has 7 heteroatoms. The van der Waals surface area contributed by atoms with Gasteiger partial charge in [-0.1, -0.05) is 26.3 Å². The first kappa shape index (κ1) is 19.9. The third-order valence-electron chi connectivity index (χ3n) is 5.05. The lowest BCUT2D eigenvalue weighted by molar-refractivity contribution is -0.116. The Hall–Kier alpha value is -1.44. The van der Waals surface area contributed by atoms with Gasteiger partial charge in [-0.15, -0.1) is 0 Å². The molecule has 140 valence electrons. The van der Waals surface area contributed by atoms with Crippen LogP contribution in [0.5, 0.6) is 0 Å². The minimum absolute atomic E-state index is 0.00435. The molecular weight excluding hydrogens is 338 g/mol. The smallest absolute Gasteiger partial charge is 0.238 e. The number of hydrogen-bond acceptors (Lipinski definition) is 4. The summed E-state index contributed by atoms with van der Waals surface area (Å²) in [4.78, 5) is 14.7. The minimum Gasteiger partial charge on any atom is -0.326 e. The van der Waals surface area contributed by atoms with Crippen LogP contribution in [0.3, 0.4) is 0 Å². The molecule has 2 unspecified atom stereocenters. The van der Waals surface area contributed by atoms with E-state index in [0.29, 0.717) is 30.1 Å². The van der Waals surface area contributed by atoms with E-state index < -0.39 is 10.0 Å². The second-order valence-corrected chi connectivity index (χ2v) is 8.53. The van der Waals surface area contributed by atoms with Gasteiger partial charge in [-0.2, -0.15) is 0 Å². The number of sulfonamides is 1. The van der Waals surface area contributed by atoms with Gasteiger partial charge in [0.15, 0.2) is 0 Å². The maximum absolute atomic E-state index is 12.3. The molecule has 0 bridgehead atoms. The first-order valence-corrected chi connectivity index (χ1v) is 10.5. The van der Waals surface area contributed by atoms with Gasteiger partial charge in [0.05, 0.1) is 4.90 Å². The summed E-state index contributed by atoms with van der Waals surface area (Å²) in [7, 11) is -3.77. The number of benzene rings is 1.